The molecule has 2 N–H and O–H groups in total. The molecule has 0 amide bonds. The first-order valence-corrected chi connectivity index (χ1v) is 6.70. The molecule has 0 saturated heterocycles. The molecule has 1 aromatic heterocycles. The van der Waals surface area contributed by atoms with E-state index >= 15 is 0 Å². The van der Waals surface area contributed by atoms with Crippen molar-refractivity contribution in [2.45, 2.75) is 39.7 Å². The summed E-state index contributed by atoms with van der Waals surface area (Å²) in [5.74, 6) is 1.99. The summed E-state index contributed by atoms with van der Waals surface area (Å²) in [6, 6.07) is 0. The van der Waals surface area contributed by atoms with Crippen LogP contribution in [-0.4, -0.2) is 35.6 Å². The van der Waals surface area contributed by atoms with Gasteiger partial charge in [0, 0.05) is 39.1 Å². The third-order valence-corrected chi connectivity index (χ3v) is 2.81. The molecule has 0 unspecified atom stereocenters. The molecule has 0 radical (unpaired) electrons. The number of nitrogens with one attached hydrogen (secondary N) is 2. The zero-order valence-corrected chi connectivity index (χ0v) is 11.7. The average molecular weight is 251 g/mol. The molecule has 0 aromatic carbocycles. The van der Waals surface area contributed by atoms with Crippen LogP contribution in [0.3, 0.4) is 0 Å². The predicted octanol–water partition coefficient (Wildman–Crippen LogP) is 1.55. The highest BCUT2D eigenvalue weighted by atomic mass is 15.2. The van der Waals surface area contributed by atoms with E-state index in [1.807, 2.05) is 19.3 Å². The van der Waals surface area contributed by atoms with Crippen molar-refractivity contribution >= 4 is 5.96 Å². The number of aromatic nitrogens is 2. The molecule has 0 atom stereocenters. The minimum atomic E-state index is 0.899. The molecule has 1 aromatic rings. The number of aryl methyl sites for hydroxylation is 2. The second-order valence-corrected chi connectivity index (χ2v) is 4.30. The third kappa shape index (κ3) is 5.21. The van der Waals surface area contributed by atoms with E-state index in [1.165, 1.54) is 0 Å². The van der Waals surface area contributed by atoms with Crippen molar-refractivity contribution in [1.82, 2.24) is 20.2 Å². The maximum absolute atomic E-state index is 4.21. The highest BCUT2D eigenvalue weighted by molar-refractivity contribution is 5.79. The van der Waals surface area contributed by atoms with Crippen molar-refractivity contribution in [3.05, 3.63) is 18.2 Å². The van der Waals surface area contributed by atoms with Crippen LogP contribution in [0.2, 0.25) is 0 Å². The number of hydrogen-bond acceptors (Lipinski definition) is 2. The molecule has 0 aliphatic rings. The molecule has 0 aliphatic heterocycles. The lowest BCUT2D eigenvalue weighted by atomic mass is 10.3. The van der Waals surface area contributed by atoms with Crippen LogP contribution >= 0.6 is 0 Å². The largest absolute Gasteiger partial charge is 0.356 e. The smallest absolute Gasteiger partial charge is 0.190 e. The predicted molar refractivity (Wildman–Crippen MR) is 75.9 cm³/mol. The molecular formula is C13H25N5. The van der Waals surface area contributed by atoms with E-state index in [0.717, 1.165) is 50.7 Å². The monoisotopic (exact) mass is 251 g/mol. The summed E-state index contributed by atoms with van der Waals surface area (Å²) in [5, 5.41) is 6.57. The minimum absolute atomic E-state index is 0.899. The summed E-state index contributed by atoms with van der Waals surface area (Å²) in [6.07, 6.45) is 7.27. The maximum Gasteiger partial charge on any atom is 0.190 e. The Bertz CT molecular complexity index is 356. The number of aliphatic imine (C=N–C) groups is 1. The average Bonchev–Trinajstić information content (AvgIpc) is 2.78. The number of nitrogens with zero attached hydrogens (tertiary/aromatic N) is 3. The van der Waals surface area contributed by atoms with E-state index in [4.69, 9.17) is 0 Å². The van der Waals surface area contributed by atoms with Gasteiger partial charge < -0.3 is 15.2 Å². The Labute approximate surface area is 110 Å². The van der Waals surface area contributed by atoms with E-state index in [-0.39, 0.29) is 0 Å². The van der Waals surface area contributed by atoms with Gasteiger partial charge in [-0.1, -0.05) is 6.92 Å². The number of hydrogen-bond donors (Lipinski definition) is 2. The Morgan fingerprint density at radius 2 is 2.11 bits per heavy atom. The summed E-state index contributed by atoms with van der Waals surface area (Å²) < 4.78 is 2.18. The fourth-order valence-electron chi connectivity index (χ4n) is 1.72. The molecule has 0 spiro atoms. The molecule has 18 heavy (non-hydrogen) atoms. The molecule has 1 rings (SSSR count). The van der Waals surface area contributed by atoms with E-state index in [9.17, 15) is 0 Å². The fraction of sp³-hybridized carbons (Fsp3) is 0.692. The first kappa shape index (κ1) is 14.5. The van der Waals surface area contributed by atoms with Crippen LogP contribution in [0.1, 0.15) is 32.0 Å². The topological polar surface area (TPSA) is 54.2 Å². The normalized spacial score (nSPS) is 11.6. The van der Waals surface area contributed by atoms with Crippen LogP contribution in [0.4, 0.5) is 0 Å². The van der Waals surface area contributed by atoms with Gasteiger partial charge in [0.15, 0.2) is 5.96 Å². The molecule has 102 valence electrons. The van der Waals surface area contributed by atoms with Gasteiger partial charge in [-0.3, -0.25) is 4.99 Å². The lowest BCUT2D eigenvalue weighted by molar-refractivity contribution is 0.588. The first-order chi connectivity index (χ1) is 8.77. The van der Waals surface area contributed by atoms with Gasteiger partial charge in [0.25, 0.3) is 0 Å². The summed E-state index contributed by atoms with van der Waals surface area (Å²) >= 11 is 0. The van der Waals surface area contributed by atoms with Gasteiger partial charge in [-0.05, 0) is 26.2 Å². The number of unbranched alkanes of at least 4 members (excludes halogenated alkanes) is 1. The van der Waals surface area contributed by atoms with E-state index in [2.05, 4.69) is 32.1 Å². The van der Waals surface area contributed by atoms with Crippen molar-refractivity contribution in [3.8, 4) is 0 Å². The minimum Gasteiger partial charge on any atom is -0.356 e. The number of imidazole rings is 1. The zero-order chi connectivity index (χ0) is 13.2. The summed E-state index contributed by atoms with van der Waals surface area (Å²) in [4.78, 5) is 8.38. The van der Waals surface area contributed by atoms with Gasteiger partial charge in [0.1, 0.15) is 5.82 Å². The Morgan fingerprint density at radius 1 is 1.33 bits per heavy atom. The Balaban J connectivity index is 2.09. The van der Waals surface area contributed by atoms with Crippen molar-refractivity contribution in [1.29, 1.82) is 0 Å². The Hall–Kier alpha value is -1.52. The molecule has 5 nitrogen and oxygen atoms in total. The third-order valence-electron chi connectivity index (χ3n) is 2.81. The van der Waals surface area contributed by atoms with E-state index in [0.29, 0.717) is 0 Å². The Kier molecular flexibility index (Phi) is 6.91. The van der Waals surface area contributed by atoms with Crippen LogP contribution < -0.4 is 10.6 Å². The first-order valence-electron chi connectivity index (χ1n) is 6.70. The van der Waals surface area contributed by atoms with Crippen LogP contribution in [0.15, 0.2) is 17.4 Å². The second kappa shape index (κ2) is 8.55. The SMILES string of the molecule is CCCNC(=NC)NCCCCn1ccnc1C. The number of guanidine groups is 1. The summed E-state index contributed by atoms with van der Waals surface area (Å²) in [6.45, 7) is 7.14. The molecule has 0 aliphatic carbocycles. The fourth-order valence-corrected chi connectivity index (χ4v) is 1.72. The molecule has 0 bridgehead atoms. The van der Waals surface area contributed by atoms with Gasteiger partial charge in [-0.2, -0.15) is 0 Å². The highest BCUT2D eigenvalue weighted by Crippen LogP contribution is 1.99. The van der Waals surface area contributed by atoms with Gasteiger partial charge >= 0.3 is 0 Å². The van der Waals surface area contributed by atoms with Crippen LogP contribution in [-0.2, 0) is 6.54 Å². The molecule has 0 fully saturated rings. The van der Waals surface area contributed by atoms with Crippen molar-refractivity contribution in [2.24, 2.45) is 4.99 Å². The Morgan fingerprint density at radius 3 is 2.72 bits per heavy atom. The molecular weight excluding hydrogens is 226 g/mol. The van der Waals surface area contributed by atoms with E-state index in [1.54, 1.807) is 7.05 Å². The summed E-state index contributed by atoms with van der Waals surface area (Å²) in [5.41, 5.74) is 0. The highest BCUT2D eigenvalue weighted by Gasteiger charge is 1.97. The number of rotatable bonds is 7. The standard InChI is InChI=1S/C13H25N5/c1-4-7-16-13(14-3)17-8-5-6-10-18-11-9-15-12(18)2/h9,11H,4-8,10H2,1-3H3,(H2,14,16,17). The lowest BCUT2D eigenvalue weighted by Gasteiger charge is -2.11. The van der Waals surface area contributed by atoms with Crippen LogP contribution in [0.5, 0.6) is 0 Å². The lowest BCUT2D eigenvalue weighted by Crippen LogP contribution is -2.38. The van der Waals surface area contributed by atoms with Crippen molar-refractivity contribution in [3.63, 3.8) is 0 Å². The molecule has 1 heterocycles. The summed E-state index contributed by atoms with van der Waals surface area (Å²) in [7, 11) is 1.81. The van der Waals surface area contributed by atoms with Gasteiger partial charge in [0.05, 0.1) is 0 Å². The van der Waals surface area contributed by atoms with Crippen molar-refractivity contribution < 1.29 is 0 Å². The maximum atomic E-state index is 4.21. The van der Waals surface area contributed by atoms with Gasteiger partial charge in [-0.15, -0.1) is 0 Å². The van der Waals surface area contributed by atoms with Gasteiger partial charge in [-0.25, -0.2) is 4.98 Å². The van der Waals surface area contributed by atoms with Gasteiger partial charge in [0.2, 0.25) is 0 Å². The van der Waals surface area contributed by atoms with Crippen LogP contribution in [0.25, 0.3) is 0 Å². The molecule has 5 heteroatoms. The zero-order valence-electron chi connectivity index (χ0n) is 11.7. The van der Waals surface area contributed by atoms with Crippen molar-refractivity contribution in [2.75, 3.05) is 20.1 Å². The quantitative estimate of drug-likeness (QED) is 0.439. The van der Waals surface area contributed by atoms with E-state index < -0.39 is 0 Å². The second-order valence-electron chi connectivity index (χ2n) is 4.30. The molecule has 0 saturated carbocycles. The van der Waals surface area contributed by atoms with Crippen LogP contribution in [0, 0.1) is 6.92 Å².